The molecule has 6 nitrogen and oxygen atoms in total. The third-order valence-electron chi connectivity index (χ3n) is 4.31. The molecule has 3 rings (SSSR count). The summed E-state index contributed by atoms with van der Waals surface area (Å²) in [6.07, 6.45) is 2.08. The summed E-state index contributed by atoms with van der Waals surface area (Å²) in [7, 11) is 1.58. The van der Waals surface area contributed by atoms with Gasteiger partial charge in [0.1, 0.15) is 5.69 Å². The first kappa shape index (κ1) is 17.1. The molecule has 2 amide bonds. The van der Waals surface area contributed by atoms with E-state index in [2.05, 4.69) is 15.6 Å². The second-order valence-corrected chi connectivity index (χ2v) is 6.02. The van der Waals surface area contributed by atoms with Gasteiger partial charge in [0.2, 0.25) is 5.91 Å². The molecular formula is C19H22N4O2. The summed E-state index contributed by atoms with van der Waals surface area (Å²) in [6.45, 7) is 3.25. The van der Waals surface area contributed by atoms with E-state index < -0.39 is 0 Å². The summed E-state index contributed by atoms with van der Waals surface area (Å²) < 4.78 is 0. The maximum Gasteiger partial charge on any atom is 0.269 e. The maximum atomic E-state index is 12.4. The molecule has 130 valence electrons. The highest BCUT2D eigenvalue weighted by molar-refractivity contribution is 5.92. The Balaban J connectivity index is 1.72. The molecule has 1 aromatic carbocycles. The molecule has 1 aromatic heterocycles. The van der Waals surface area contributed by atoms with Crippen molar-refractivity contribution in [2.75, 3.05) is 33.2 Å². The molecular weight excluding hydrogens is 316 g/mol. The number of carbonyl (C=O) groups is 2. The van der Waals surface area contributed by atoms with Crippen LogP contribution in [0.25, 0.3) is 11.1 Å². The van der Waals surface area contributed by atoms with Crippen LogP contribution >= 0.6 is 0 Å². The summed E-state index contributed by atoms with van der Waals surface area (Å²) in [5.41, 5.74) is 3.28. The highest BCUT2D eigenvalue weighted by Crippen LogP contribution is 2.20. The number of hydrogen-bond donors (Lipinski definition) is 2. The number of carbonyl (C=O) groups excluding carboxylic acids is 2. The summed E-state index contributed by atoms with van der Waals surface area (Å²) in [5.74, 6) is -0.0475. The summed E-state index contributed by atoms with van der Waals surface area (Å²) in [4.78, 5) is 30.1. The minimum Gasteiger partial charge on any atom is -0.354 e. The Morgan fingerprint density at radius 3 is 2.64 bits per heavy atom. The smallest absolute Gasteiger partial charge is 0.269 e. The monoisotopic (exact) mass is 338 g/mol. The number of nitrogens with one attached hydrogen (secondary N) is 2. The topological polar surface area (TPSA) is 74.3 Å². The highest BCUT2D eigenvalue weighted by Gasteiger charge is 2.16. The molecule has 2 aromatic rings. The summed E-state index contributed by atoms with van der Waals surface area (Å²) in [5, 5.41) is 5.81. The zero-order valence-electron chi connectivity index (χ0n) is 14.3. The minimum atomic E-state index is -0.207. The van der Waals surface area contributed by atoms with Gasteiger partial charge in [0, 0.05) is 45.0 Å². The molecule has 1 aliphatic rings. The Bertz CT molecular complexity index is 752. The van der Waals surface area contributed by atoms with E-state index in [1.807, 2.05) is 35.2 Å². The van der Waals surface area contributed by atoms with E-state index >= 15 is 0 Å². The Labute approximate surface area is 147 Å². The molecule has 0 aliphatic carbocycles. The molecule has 2 N–H and O–H groups in total. The molecule has 0 bridgehead atoms. The van der Waals surface area contributed by atoms with Crippen LogP contribution in [0.1, 0.15) is 16.1 Å². The molecule has 0 radical (unpaired) electrons. The third-order valence-corrected chi connectivity index (χ3v) is 4.31. The van der Waals surface area contributed by atoms with Crippen LogP contribution in [0.2, 0.25) is 0 Å². The van der Waals surface area contributed by atoms with Crippen LogP contribution in [0.15, 0.2) is 42.6 Å². The molecule has 1 fully saturated rings. The van der Waals surface area contributed by atoms with Crippen LogP contribution in [0.4, 0.5) is 0 Å². The van der Waals surface area contributed by atoms with Gasteiger partial charge in [-0.25, -0.2) is 0 Å². The number of hydrogen-bond acceptors (Lipinski definition) is 4. The van der Waals surface area contributed by atoms with E-state index in [9.17, 15) is 9.59 Å². The molecule has 1 aliphatic heterocycles. The van der Waals surface area contributed by atoms with Crippen LogP contribution in [0.3, 0.4) is 0 Å². The Kier molecular flexibility index (Phi) is 5.40. The first-order chi connectivity index (χ1) is 12.2. The van der Waals surface area contributed by atoms with E-state index in [1.54, 1.807) is 19.3 Å². The second-order valence-electron chi connectivity index (χ2n) is 6.02. The minimum absolute atomic E-state index is 0.159. The number of piperazine rings is 1. The lowest BCUT2D eigenvalue weighted by Gasteiger charge is -2.27. The average molecular weight is 338 g/mol. The van der Waals surface area contributed by atoms with Gasteiger partial charge in [-0.3, -0.25) is 14.6 Å². The van der Waals surface area contributed by atoms with E-state index in [0.29, 0.717) is 12.1 Å². The zero-order chi connectivity index (χ0) is 17.6. The van der Waals surface area contributed by atoms with E-state index in [-0.39, 0.29) is 11.8 Å². The molecule has 0 spiro atoms. The van der Waals surface area contributed by atoms with Gasteiger partial charge < -0.3 is 15.5 Å². The van der Waals surface area contributed by atoms with E-state index in [4.69, 9.17) is 0 Å². The molecule has 25 heavy (non-hydrogen) atoms. The van der Waals surface area contributed by atoms with Crippen molar-refractivity contribution < 1.29 is 9.59 Å². The number of benzene rings is 1. The SMILES string of the molecule is CNC(=O)c1ccc(-c2cccc(CC(=O)N3CCNCC3)c2)cn1. The normalized spacial score (nSPS) is 14.2. The van der Waals surface area contributed by atoms with Crippen molar-refractivity contribution in [1.29, 1.82) is 0 Å². The number of pyridine rings is 1. The molecule has 0 atom stereocenters. The fourth-order valence-corrected chi connectivity index (χ4v) is 2.89. The van der Waals surface area contributed by atoms with Crippen molar-refractivity contribution in [3.05, 3.63) is 53.9 Å². The fourth-order valence-electron chi connectivity index (χ4n) is 2.89. The average Bonchev–Trinajstić information content (AvgIpc) is 2.68. The van der Waals surface area contributed by atoms with Crippen LogP contribution in [-0.2, 0) is 11.2 Å². The van der Waals surface area contributed by atoms with Crippen molar-refractivity contribution in [3.63, 3.8) is 0 Å². The predicted octanol–water partition coefficient (Wildman–Crippen LogP) is 1.08. The third kappa shape index (κ3) is 4.22. The molecule has 2 heterocycles. The molecule has 6 heteroatoms. The van der Waals surface area contributed by atoms with Gasteiger partial charge in [-0.1, -0.05) is 30.3 Å². The van der Waals surface area contributed by atoms with Gasteiger partial charge in [0.25, 0.3) is 5.91 Å². The lowest BCUT2D eigenvalue weighted by Crippen LogP contribution is -2.46. The number of rotatable bonds is 4. The Morgan fingerprint density at radius 1 is 1.16 bits per heavy atom. The van der Waals surface area contributed by atoms with Gasteiger partial charge in [-0.05, 0) is 17.2 Å². The number of aromatic nitrogens is 1. The largest absolute Gasteiger partial charge is 0.354 e. The van der Waals surface area contributed by atoms with E-state index in [1.165, 1.54) is 0 Å². The van der Waals surface area contributed by atoms with Crippen LogP contribution in [0.5, 0.6) is 0 Å². The Hall–Kier alpha value is -2.73. The zero-order valence-corrected chi connectivity index (χ0v) is 14.3. The van der Waals surface area contributed by atoms with E-state index in [0.717, 1.165) is 42.9 Å². The standard InChI is InChI=1S/C19H22N4O2/c1-20-19(25)17-6-5-16(13-22-17)15-4-2-3-14(11-15)12-18(24)23-9-7-21-8-10-23/h2-6,11,13,21H,7-10,12H2,1H3,(H,20,25). The van der Waals surface area contributed by atoms with Crippen molar-refractivity contribution in [2.24, 2.45) is 0 Å². The molecule has 0 saturated carbocycles. The van der Waals surface area contributed by atoms with Gasteiger partial charge in [-0.2, -0.15) is 0 Å². The maximum absolute atomic E-state index is 12.4. The van der Waals surface area contributed by atoms with Gasteiger partial charge in [0.05, 0.1) is 6.42 Å². The van der Waals surface area contributed by atoms with Gasteiger partial charge >= 0.3 is 0 Å². The number of amides is 2. The lowest BCUT2D eigenvalue weighted by molar-refractivity contribution is -0.131. The fraction of sp³-hybridized carbons (Fsp3) is 0.316. The van der Waals surface area contributed by atoms with Crippen LogP contribution < -0.4 is 10.6 Å². The summed E-state index contributed by atoms with van der Waals surface area (Å²) in [6, 6.07) is 11.5. The highest BCUT2D eigenvalue weighted by atomic mass is 16.2. The quantitative estimate of drug-likeness (QED) is 0.875. The van der Waals surface area contributed by atoms with Crippen LogP contribution in [-0.4, -0.2) is 54.9 Å². The van der Waals surface area contributed by atoms with Crippen LogP contribution in [0, 0.1) is 0 Å². The molecule has 1 saturated heterocycles. The lowest BCUT2D eigenvalue weighted by atomic mass is 10.0. The second kappa shape index (κ2) is 7.90. The van der Waals surface area contributed by atoms with Crippen molar-refractivity contribution in [3.8, 4) is 11.1 Å². The first-order valence-corrected chi connectivity index (χ1v) is 8.43. The molecule has 0 unspecified atom stereocenters. The Morgan fingerprint density at radius 2 is 1.96 bits per heavy atom. The first-order valence-electron chi connectivity index (χ1n) is 8.43. The van der Waals surface area contributed by atoms with Gasteiger partial charge in [-0.15, -0.1) is 0 Å². The summed E-state index contributed by atoms with van der Waals surface area (Å²) >= 11 is 0. The van der Waals surface area contributed by atoms with Crippen molar-refractivity contribution in [2.45, 2.75) is 6.42 Å². The van der Waals surface area contributed by atoms with Crippen molar-refractivity contribution >= 4 is 11.8 Å². The van der Waals surface area contributed by atoms with Crippen molar-refractivity contribution in [1.82, 2.24) is 20.5 Å². The number of nitrogens with zero attached hydrogens (tertiary/aromatic N) is 2. The predicted molar refractivity (Wildman–Crippen MR) is 96.2 cm³/mol. The van der Waals surface area contributed by atoms with Gasteiger partial charge in [0.15, 0.2) is 0 Å².